The molecule has 0 aromatic heterocycles. The molecule has 10 heteroatoms. The van der Waals surface area contributed by atoms with Crippen LogP contribution in [0.1, 0.15) is 34.1 Å². The first-order valence-corrected chi connectivity index (χ1v) is 10.4. The Hall–Kier alpha value is -2.07. The average Bonchev–Trinajstić information content (AvgIpc) is 3.07. The fourth-order valence-corrected chi connectivity index (χ4v) is 2.77. The van der Waals surface area contributed by atoms with Crippen LogP contribution < -0.4 is 10.6 Å². The van der Waals surface area contributed by atoms with Crippen molar-refractivity contribution in [1.29, 1.82) is 0 Å². The predicted molar refractivity (Wildman–Crippen MR) is 116 cm³/mol. The Labute approximate surface area is 180 Å². The molecule has 0 bridgehead atoms. The first kappa shape index (κ1) is 26.0. The summed E-state index contributed by atoms with van der Waals surface area (Å²) in [4.78, 5) is 31.9. The van der Waals surface area contributed by atoms with E-state index in [2.05, 4.69) is 15.6 Å². The van der Waals surface area contributed by atoms with Gasteiger partial charge in [0.2, 0.25) is 5.91 Å². The normalized spacial score (nSPS) is 19.6. The van der Waals surface area contributed by atoms with E-state index in [1.54, 1.807) is 26.1 Å². The number of aliphatic imine (C=N–C) groups is 1. The van der Waals surface area contributed by atoms with Gasteiger partial charge in [0.15, 0.2) is 5.96 Å². The van der Waals surface area contributed by atoms with E-state index in [4.69, 9.17) is 14.2 Å². The second-order valence-corrected chi connectivity index (χ2v) is 8.34. The quantitative estimate of drug-likeness (QED) is 0.315. The summed E-state index contributed by atoms with van der Waals surface area (Å²) < 4.78 is 16.4. The van der Waals surface area contributed by atoms with Crippen molar-refractivity contribution in [2.24, 2.45) is 4.99 Å². The molecule has 0 aromatic carbocycles. The van der Waals surface area contributed by atoms with Crippen molar-refractivity contribution in [1.82, 2.24) is 20.4 Å². The van der Waals surface area contributed by atoms with Crippen LogP contribution in [0.4, 0.5) is 4.79 Å². The summed E-state index contributed by atoms with van der Waals surface area (Å²) in [5.74, 6) is 0.398. The van der Waals surface area contributed by atoms with Crippen molar-refractivity contribution in [2.45, 2.75) is 51.9 Å². The molecule has 1 aliphatic rings. The van der Waals surface area contributed by atoms with Crippen LogP contribution in [0.15, 0.2) is 4.99 Å². The summed E-state index contributed by atoms with van der Waals surface area (Å²) in [6.07, 6.45) is 0.204. The Balaban J connectivity index is 2.77. The highest BCUT2D eigenvalue weighted by Crippen LogP contribution is 2.17. The number of likely N-dealkylation sites (tertiary alicyclic amines) is 1. The van der Waals surface area contributed by atoms with E-state index in [1.165, 1.54) is 4.90 Å². The van der Waals surface area contributed by atoms with Crippen molar-refractivity contribution in [3.05, 3.63) is 0 Å². The number of carbonyl (C=O) groups is 2. The fraction of sp³-hybridized carbons (Fsp3) is 0.850. The van der Waals surface area contributed by atoms with Crippen LogP contribution in [-0.4, -0.2) is 106 Å². The molecule has 1 aliphatic heterocycles. The Morgan fingerprint density at radius 1 is 1.23 bits per heavy atom. The highest BCUT2D eigenvalue weighted by atomic mass is 16.6. The highest BCUT2D eigenvalue weighted by Gasteiger charge is 2.37. The smallest absolute Gasteiger partial charge is 0.410 e. The molecule has 0 spiro atoms. The lowest BCUT2D eigenvalue weighted by atomic mass is 10.2. The minimum Gasteiger partial charge on any atom is -0.444 e. The maximum absolute atomic E-state index is 12.4. The molecular weight excluding hydrogens is 390 g/mol. The lowest BCUT2D eigenvalue weighted by Crippen LogP contribution is -2.49. The Kier molecular flexibility index (Phi) is 10.9. The van der Waals surface area contributed by atoms with Gasteiger partial charge in [-0.05, 0) is 34.1 Å². The zero-order valence-corrected chi connectivity index (χ0v) is 19.5. The zero-order valence-electron chi connectivity index (χ0n) is 19.5. The van der Waals surface area contributed by atoms with E-state index >= 15 is 0 Å². The van der Waals surface area contributed by atoms with Gasteiger partial charge in [0.25, 0.3) is 0 Å². The van der Waals surface area contributed by atoms with Crippen LogP contribution in [0, 0.1) is 0 Å². The monoisotopic (exact) mass is 429 g/mol. The predicted octanol–water partition coefficient (Wildman–Crippen LogP) is 0.671. The number of amides is 2. The third-order valence-corrected chi connectivity index (χ3v) is 4.38. The topological polar surface area (TPSA) is 105 Å². The van der Waals surface area contributed by atoms with Gasteiger partial charge in [-0.2, -0.15) is 0 Å². The molecule has 0 aliphatic carbocycles. The van der Waals surface area contributed by atoms with Gasteiger partial charge in [0.05, 0.1) is 18.7 Å². The third-order valence-electron chi connectivity index (χ3n) is 4.38. The minimum absolute atomic E-state index is 0.0218. The number of carbonyl (C=O) groups excluding carboxylic acids is 2. The SMILES string of the molecule is CCOCCCNC(=NCC(=O)N(C)C)NC1CN(C(=O)OC(C)(C)C)C[C@@H]1OC. The van der Waals surface area contributed by atoms with Gasteiger partial charge in [0.1, 0.15) is 12.1 Å². The van der Waals surface area contributed by atoms with Crippen LogP contribution in [0.5, 0.6) is 0 Å². The molecule has 2 amide bonds. The highest BCUT2D eigenvalue weighted by molar-refractivity contribution is 5.85. The van der Waals surface area contributed by atoms with E-state index in [1.807, 2.05) is 27.7 Å². The van der Waals surface area contributed by atoms with Gasteiger partial charge < -0.3 is 34.6 Å². The van der Waals surface area contributed by atoms with Crippen LogP contribution in [-0.2, 0) is 19.0 Å². The van der Waals surface area contributed by atoms with Crippen LogP contribution >= 0.6 is 0 Å². The van der Waals surface area contributed by atoms with Crippen molar-refractivity contribution < 1.29 is 23.8 Å². The second-order valence-electron chi connectivity index (χ2n) is 8.34. The zero-order chi connectivity index (χ0) is 22.7. The molecule has 0 aromatic rings. The maximum Gasteiger partial charge on any atom is 0.410 e. The van der Waals surface area contributed by atoms with Gasteiger partial charge in [-0.3, -0.25) is 4.79 Å². The van der Waals surface area contributed by atoms with Crippen LogP contribution in [0.25, 0.3) is 0 Å². The summed E-state index contributed by atoms with van der Waals surface area (Å²) in [5.41, 5.74) is -0.563. The fourth-order valence-electron chi connectivity index (χ4n) is 2.77. The molecule has 30 heavy (non-hydrogen) atoms. The Bertz CT molecular complexity index is 576. The van der Waals surface area contributed by atoms with Gasteiger partial charge in [-0.1, -0.05) is 0 Å². The Morgan fingerprint density at radius 3 is 2.50 bits per heavy atom. The molecule has 1 fully saturated rings. The molecule has 10 nitrogen and oxygen atoms in total. The number of nitrogens with one attached hydrogen (secondary N) is 2. The number of nitrogens with zero attached hydrogens (tertiary/aromatic N) is 3. The van der Waals surface area contributed by atoms with E-state index in [0.29, 0.717) is 38.8 Å². The van der Waals surface area contributed by atoms with Crippen molar-refractivity contribution in [2.75, 3.05) is 60.6 Å². The lowest BCUT2D eigenvalue weighted by Gasteiger charge is -2.24. The average molecular weight is 430 g/mol. The first-order chi connectivity index (χ1) is 14.1. The summed E-state index contributed by atoms with van der Waals surface area (Å²) in [6, 6.07) is -0.185. The lowest BCUT2D eigenvalue weighted by molar-refractivity contribution is -0.127. The van der Waals surface area contributed by atoms with Crippen LogP contribution in [0.2, 0.25) is 0 Å². The van der Waals surface area contributed by atoms with Crippen molar-refractivity contribution >= 4 is 18.0 Å². The molecule has 1 heterocycles. The number of ether oxygens (including phenoxy) is 3. The van der Waals surface area contributed by atoms with Gasteiger partial charge in [0, 0.05) is 47.5 Å². The standard InChI is InChI=1S/C20H39N5O5/c1-8-29-11-9-10-21-18(22-12-17(26)24(5)6)23-15-13-25(14-16(15)28-7)19(27)30-20(2,3)4/h15-16H,8-14H2,1-7H3,(H2,21,22,23)/t15?,16-/m0/s1. The largest absolute Gasteiger partial charge is 0.444 e. The number of likely N-dealkylation sites (N-methyl/N-ethyl adjacent to an activating group) is 1. The molecule has 0 saturated carbocycles. The molecular formula is C20H39N5O5. The molecule has 1 rings (SSSR count). The van der Waals surface area contributed by atoms with Gasteiger partial charge >= 0.3 is 6.09 Å². The minimum atomic E-state index is -0.563. The molecule has 1 saturated heterocycles. The summed E-state index contributed by atoms with van der Waals surface area (Å²) >= 11 is 0. The second kappa shape index (κ2) is 12.6. The van der Waals surface area contributed by atoms with E-state index < -0.39 is 5.60 Å². The number of hydrogen-bond donors (Lipinski definition) is 2. The molecule has 0 radical (unpaired) electrons. The molecule has 174 valence electrons. The summed E-state index contributed by atoms with van der Waals surface area (Å²) in [6.45, 7) is 10.3. The van der Waals surface area contributed by atoms with Crippen molar-refractivity contribution in [3.8, 4) is 0 Å². The molecule has 2 atom stereocenters. The molecule has 1 unspecified atom stereocenters. The van der Waals surface area contributed by atoms with Gasteiger partial charge in [-0.15, -0.1) is 0 Å². The third kappa shape index (κ3) is 9.62. The summed E-state index contributed by atoms with van der Waals surface area (Å²) in [5, 5.41) is 6.53. The number of methoxy groups -OCH3 is 1. The van der Waals surface area contributed by atoms with E-state index in [9.17, 15) is 9.59 Å². The summed E-state index contributed by atoms with van der Waals surface area (Å²) in [7, 11) is 4.99. The van der Waals surface area contributed by atoms with Gasteiger partial charge in [-0.25, -0.2) is 9.79 Å². The number of rotatable bonds is 9. The van der Waals surface area contributed by atoms with Crippen LogP contribution in [0.3, 0.4) is 0 Å². The Morgan fingerprint density at radius 2 is 1.93 bits per heavy atom. The first-order valence-electron chi connectivity index (χ1n) is 10.4. The maximum atomic E-state index is 12.4. The molecule has 2 N–H and O–H groups in total. The van der Waals surface area contributed by atoms with E-state index in [0.717, 1.165) is 6.42 Å². The number of hydrogen-bond acceptors (Lipinski definition) is 6. The van der Waals surface area contributed by atoms with Crippen molar-refractivity contribution in [3.63, 3.8) is 0 Å². The van der Waals surface area contributed by atoms with E-state index in [-0.39, 0.29) is 30.7 Å². The number of guanidine groups is 1.